The Bertz CT molecular complexity index is 252. The third-order valence-electron chi connectivity index (χ3n) is 2.62. The van der Waals surface area contributed by atoms with Gasteiger partial charge in [0.25, 0.3) is 0 Å². The van der Waals surface area contributed by atoms with Crippen LogP contribution in [0.2, 0.25) is 0 Å². The van der Waals surface area contributed by atoms with Crippen LogP contribution in [0.5, 0.6) is 0 Å². The van der Waals surface area contributed by atoms with E-state index in [1.54, 1.807) is 12.4 Å². The van der Waals surface area contributed by atoms with Crippen LogP contribution in [0.15, 0.2) is 18.5 Å². The highest BCUT2D eigenvalue weighted by Crippen LogP contribution is 2.18. The summed E-state index contributed by atoms with van der Waals surface area (Å²) in [5.74, 6) is 1.74. The van der Waals surface area contributed by atoms with Crippen LogP contribution in [0, 0.1) is 5.92 Å². The van der Waals surface area contributed by atoms with Crippen LogP contribution >= 0.6 is 0 Å². The van der Waals surface area contributed by atoms with Crippen molar-refractivity contribution in [2.24, 2.45) is 5.92 Å². The van der Waals surface area contributed by atoms with Crippen molar-refractivity contribution in [1.82, 2.24) is 9.97 Å². The number of piperidine rings is 1. The Morgan fingerprint density at radius 3 is 2.46 bits per heavy atom. The Balaban J connectivity index is 2.03. The molecule has 0 radical (unpaired) electrons. The van der Waals surface area contributed by atoms with Gasteiger partial charge in [-0.1, -0.05) is 6.92 Å². The summed E-state index contributed by atoms with van der Waals surface area (Å²) in [5.41, 5.74) is 0. The molecule has 0 bridgehead atoms. The quantitative estimate of drug-likeness (QED) is 0.654. The monoisotopic (exact) mass is 177 g/mol. The molecule has 0 aromatic carbocycles. The summed E-state index contributed by atoms with van der Waals surface area (Å²) >= 11 is 0. The number of hydrogen-bond acceptors (Lipinski definition) is 3. The van der Waals surface area contributed by atoms with E-state index in [9.17, 15) is 0 Å². The summed E-state index contributed by atoms with van der Waals surface area (Å²) < 4.78 is 0. The first-order chi connectivity index (χ1) is 6.36. The molecule has 3 nitrogen and oxygen atoms in total. The maximum absolute atomic E-state index is 4.24. The summed E-state index contributed by atoms with van der Waals surface area (Å²) in [5, 5.41) is 0. The van der Waals surface area contributed by atoms with Crippen LogP contribution in [0.3, 0.4) is 0 Å². The van der Waals surface area contributed by atoms with Crippen LogP contribution in [-0.2, 0) is 0 Å². The highest BCUT2D eigenvalue weighted by molar-refractivity contribution is 5.28. The molecule has 1 saturated heterocycles. The molecule has 0 atom stereocenters. The molecule has 1 fully saturated rings. The molecule has 3 heteroatoms. The smallest absolute Gasteiger partial charge is 0.225 e. The minimum absolute atomic E-state index is 0.861. The Morgan fingerprint density at radius 1 is 1.23 bits per heavy atom. The van der Waals surface area contributed by atoms with Crippen molar-refractivity contribution >= 4 is 5.95 Å². The van der Waals surface area contributed by atoms with E-state index in [0.29, 0.717) is 0 Å². The van der Waals surface area contributed by atoms with Crippen LogP contribution in [0.25, 0.3) is 0 Å². The molecule has 1 aliphatic rings. The molecule has 0 amide bonds. The van der Waals surface area contributed by atoms with E-state index in [0.717, 1.165) is 25.0 Å². The molecule has 2 heterocycles. The van der Waals surface area contributed by atoms with E-state index in [1.165, 1.54) is 12.8 Å². The summed E-state index contributed by atoms with van der Waals surface area (Å²) in [6, 6.07) is 1.86. The second-order valence-electron chi connectivity index (χ2n) is 3.72. The predicted molar refractivity (Wildman–Crippen MR) is 52.6 cm³/mol. The van der Waals surface area contributed by atoms with Gasteiger partial charge in [0.05, 0.1) is 0 Å². The highest BCUT2D eigenvalue weighted by atomic mass is 15.2. The van der Waals surface area contributed by atoms with Gasteiger partial charge in [0.15, 0.2) is 0 Å². The maximum Gasteiger partial charge on any atom is 0.225 e. The Hall–Kier alpha value is -1.12. The van der Waals surface area contributed by atoms with Crippen molar-refractivity contribution < 1.29 is 0 Å². The summed E-state index contributed by atoms with van der Waals surface area (Å²) in [7, 11) is 0. The summed E-state index contributed by atoms with van der Waals surface area (Å²) in [4.78, 5) is 10.7. The van der Waals surface area contributed by atoms with Crippen molar-refractivity contribution in [2.75, 3.05) is 18.0 Å². The molecule has 1 aromatic rings. The van der Waals surface area contributed by atoms with Crippen molar-refractivity contribution in [3.05, 3.63) is 18.5 Å². The maximum atomic E-state index is 4.24. The molecule has 70 valence electrons. The predicted octanol–water partition coefficient (Wildman–Crippen LogP) is 1.71. The number of nitrogens with zero attached hydrogens (tertiary/aromatic N) is 3. The molecular weight excluding hydrogens is 162 g/mol. The van der Waals surface area contributed by atoms with Gasteiger partial charge in [0.1, 0.15) is 0 Å². The fourth-order valence-electron chi connectivity index (χ4n) is 1.66. The van der Waals surface area contributed by atoms with Gasteiger partial charge in [-0.05, 0) is 24.8 Å². The van der Waals surface area contributed by atoms with Gasteiger partial charge in [-0.15, -0.1) is 0 Å². The minimum atomic E-state index is 0.861. The second kappa shape index (κ2) is 3.73. The minimum Gasteiger partial charge on any atom is -0.341 e. The van der Waals surface area contributed by atoms with Crippen LogP contribution < -0.4 is 4.90 Å². The van der Waals surface area contributed by atoms with Gasteiger partial charge in [-0.25, -0.2) is 9.97 Å². The van der Waals surface area contributed by atoms with Gasteiger partial charge < -0.3 is 4.90 Å². The molecular formula is C10H15N3. The van der Waals surface area contributed by atoms with Gasteiger partial charge in [-0.2, -0.15) is 0 Å². The number of aromatic nitrogens is 2. The van der Waals surface area contributed by atoms with E-state index < -0.39 is 0 Å². The molecule has 2 rings (SSSR count). The Morgan fingerprint density at radius 2 is 1.85 bits per heavy atom. The fraction of sp³-hybridized carbons (Fsp3) is 0.600. The number of rotatable bonds is 1. The third-order valence-corrected chi connectivity index (χ3v) is 2.62. The van der Waals surface area contributed by atoms with Crippen molar-refractivity contribution in [3.8, 4) is 0 Å². The largest absolute Gasteiger partial charge is 0.341 e. The average molecular weight is 177 g/mol. The third kappa shape index (κ3) is 1.97. The molecule has 13 heavy (non-hydrogen) atoms. The standard InChI is InChI=1S/C10H15N3/c1-9-3-7-13(8-4-9)10-11-5-2-6-12-10/h2,5-6,9H,3-4,7-8H2,1H3. The zero-order valence-electron chi connectivity index (χ0n) is 7.98. The van der Waals surface area contributed by atoms with Gasteiger partial charge in [-0.3, -0.25) is 0 Å². The Kier molecular flexibility index (Phi) is 2.43. The number of hydrogen-bond donors (Lipinski definition) is 0. The molecule has 0 aliphatic carbocycles. The molecule has 0 unspecified atom stereocenters. The average Bonchev–Trinajstić information content (AvgIpc) is 2.20. The summed E-state index contributed by atoms with van der Waals surface area (Å²) in [6.45, 7) is 4.51. The van der Waals surface area contributed by atoms with Crippen molar-refractivity contribution in [1.29, 1.82) is 0 Å². The molecule has 0 N–H and O–H groups in total. The van der Waals surface area contributed by atoms with E-state index in [4.69, 9.17) is 0 Å². The lowest BCUT2D eigenvalue weighted by Gasteiger charge is -2.29. The zero-order valence-corrected chi connectivity index (χ0v) is 7.98. The zero-order chi connectivity index (χ0) is 9.10. The first kappa shape index (κ1) is 8.48. The fourth-order valence-corrected chi connectivity index (χ4v) is 1.66. The highest BCUT2D eigenvalue weighted by Gasteiger charge is 2.16. The topological polar surface area (TPSA) is 29.0 Å². The van der Waals surface area contributed by atoms with E-state index in [-0.39, 0.29) is 0 Å². The first-order valence-electron chi connectivity index (χ1n) is 4.88. The summed E-state index contributed by atoms with van der Waals surface area (Å²) in [6.07, 6.45) is 6.14. The van der Waals surface area contributed by atoms with E-state index in [2.05, 4.69) is 21.8 Å². The van der Waals surface area contributed by atoms with Crippen molar-refractivity contribution in [3.63, 3.8) is 0 Å². The lowest BCUT2D eigenvalue weighted by atomic mass is 10.00. The van der Waals surface area contributed by atoms with Gasteiger partial charge in [0.2, 0.25) is 5.95 Å². The molecule has 0 saturated carbocycles. The molecule has 0 spiro atoms. The van der Waals surface area contributed by atoms with Crippen LogP contribution in [-0.4, -0.2) is 23.1 Å². The van der Waals surface area contributed by atoms with Crippen LogP contribution in [0.4, 0.5) is 5.95 Å². The van der Waals surface area contributed by atoms with Gasteiger partial charge >= 0.3 is 0 Å². The second-order valence-corrected chi connectivity index (χ2v) is 3.72. The van der Waals surface area contributed by atoms with Gasteiger partial charge in [0, 0.05) is 25.5 Å². The van der Waals surface area contributed by atoms with E-state index in [1.807, 2.05) is 6.07 Å². The normalized spacial score (nSPS) is 19.0. The first-order valence-corrected chi connectivity index (χ1v) is 4.88. The number of anilines is 1. The SMILES string of the molecule is CC1CCN(c2ncccn2)CC1. The van der Waals surface area contributed by atoms with E-state index >= 15 is 0 Å². The molecule has 1 aliphatic heterocycles. The lowest BCUT2D eigenvalue weighted by Crippen LogP contribution is -2.33. The van der Waals surface area contributed by atoms with Crippen molar-refractivity contribution in [2.45, 2.75) is 19.8 Å². The lowest BCUT2D eigenvalue weighted by molar-refractivity contribution is 0.434. The Labute approximate surface area is 78.8 Å². The molecule has 1 aromatic heterocycles. The van der Waals surface area contributed by atoms with Crippen LogP contribution in [0.1, 0.15) is 19.8 Å².